The number of para-hydroxylation sites is 1. The Morgan fingerprint density at radius 3 is 2.29 bits per heavy atom. The van der Waals surface area contributed by atoms with E-state index in [1.54, 1.807) is 42.2 Å². The minimum Gasteiger partial charge on any atom is -0.493 e. The molecule has 6 rings (SSSR count). The van der Waals surface area contributed by atoms with Crippen LogP contribution in [0.2, 0.25) is 0 Å². The molecule has 2 aliphatic heterocycles. The lowest BCUT2D eigenvalue weighted by atomic mass is 9.79. The molecule has 2 fully saturated rings. The Labute approximate surface area is 305 Å². The number of carbonyl (C=O) groups is 4. The molecular weight excluding hydrogens is 658 g/mol. The number of methoxy groups -OCH3 is 1. The van der Waals surface area contributed by atoms with Gasteiger partial charge >= 0.3 is 0 Å². The first kappa shape index (κ1) is 36.5. The molecule has 0 bridgehead atoms. The first-order valence-electron chi connectivity index (χ1n) is 18.1. The smallest absolute Gasteiger partial charge is 0.256 e. The van der Waals surface area contributed by atoms with Crippen molar-refractivity contribution in [3.8, 4) is 11.5 Å². The van der Waals surface area contributed by atoms with Gasteiger partial charge < -0.3 is 34.5 Å². The summed E-state index contributed by atoms with van der Waals surface area (Å²) >= 11 is 0. The van der Waals surface area contributed by atoms with Gasteiger partial charge in [0.1, 0.15) is 6.04 Å². The number of ether oxygens (including phenoxy) is 2. The topological polar surface area (TPSA) is 122 Å². The summed E-state index contributed by atoms with van der Waals surface area (Å²) in [5.74, 6) is -0.855. The number of rotatable bonds is 12. The van der Waals surface area contributed by atoms with Crippen LogP contribution < -0.4 is 20.1 Å². The van der Waals surface area contributed by atoms with Gasteiger partial charge in [0.15, 0.2) is 11.5 Å². The summed E-state index contributed by atoms with van der Waals surface area (Å²) in [6, 6.07) is 22.2. The van der Waals surface area contributed by atoms with Crippen LogP contribution in [-0.2, 0) is 23.1 Å². The normalized spacial score (nSPS) is 18.9. The third-order valence-corrected chi connectivity index (χ3v) is 10.4. The van der Waals surface area contributed by atoms with E-state index in [0.29, 0.717) is 55.1 Å². The Morgan fingerprint density at radius 2 is 1.58 bits per heavy atom. The van der Waals surface area contributed by atoms with Gasteiger partial charge in [0.2, 0.25) is 11.8 Å². The molecule has 4 amide bonds. The van der Waals surface area contributed by atoms with Gasteiger partial charge in [-0.1, -0.05) is 48.5 Å². The monoisotopic (exact) mass is 707 g/mol. The molecule has 4 aromatic rings. The van der Waals surface area contributed by atoms with Crippen LogP contribution in [0, 0.1) is 17.8 Å². The fourth-order valence-electron chi connectivity index (χ4n) is 7.78. The molecule has 0 spiro atoms. The number of carbonyl (C=O) groups excluding carboxylic acids is 4. The maximum absolute atomic E-state index is 14.3. The van der Waals surface area contributed by atoms with E-state index in [0.717, 1.165) is 22.9 Å². The Bertz CT molecular complexity index is 1920. The summed E-state index contributed by atoms with van der Waals surface area (Å²) in [5, 5.41) is 6.61. The van der Waals surface area contributed by atoms with Crippen LogP contribution in [0.1, 0.15) is 53.0 Å². The number of amides is 4. The number of nitrogens with zero attached hydrogens (tertiary/aromatic N) is 3. The molecule has 274 valence electrons. The number of aromatic nitrogens is 1. The molecule has 11 heteroatoms. The van der Waals surface area contributed by atoms with Crippen LogP contribution in [0.5, 0.6) is 11.5 Å². The third kappa shape index (κ3) is 7.78. The lowest BCUT2D eigenvalue weighted by Crippen LogP contribution is -2.56. The largest absolute Gasteiger partial charge is 0.493 e. The summed E-state index contributed by atoms with van der Waals surface area (Å²) in [6.07, 6.45) is 3.72. The zero-order valence-electron chi connectivity index (χ0n) is 30.6. The van der Waals surface area contributed by atoms with Crippen molar-refractivity contribution >= 4 is 34.5 Å². The van der Waals surface area contributed by atoms with Gasteiger partial charge in [0.25, 0.3) is 11.8 Å². The second-order valence-electron chi connectivity index (χ2n) is 14.2. The highest BCUT2D eigenvalue weighted by Gasteiger charge is 2.48. The number of nitrogens with one attached hydrogen (secondary N) is 2. The number of hydrogen-bond acceptors (Lipinski definition) is 6. The zero-order valence-corrected chi connectivity index (χ0v) is 30.6. The number of piperidine rings is 1. The highest BCUT2D eigenvalue weighted by Crippen LogP contribution is 2.38. The molecule has 3 heterocycles. The van der Waals surface area contributed by atoms with Gasteiger partial charge in [-0.25, -0.2) is 0 Å². The maximum atomic E-state index is 14.3. The molecule has 3 aromatic carbocycles. The molecule has 4 atom stereocenters. The van der Waals surface area contributed by atoms with Gasteiger partial charge in [0.05, 0.1) is 24.7 Å². The molecule has 4 unspecified atom stereocenters. The fourth-order valence-corrected chi connectivity index (χ4v) is 7.78. The highest BCUT2D eigenvalue weighted by molar-refractivity contribution is 6.07. The van der Waals surface area contributed by atoms with Crippen molar-refractivity contribution < 1.29 is 28.7 Å². The molecule has 52 heavy (non-hydrogen) atoms. The number of likely N-dealkylation sites (tertiary alicyclic amines) is 2. The number of benzene rings is 3. The van der Waals surface area contributed by atoms with E-state index in [1.165, 1.54) is 0 Å². The minimum atomic E-state index is -0.734. The van der Waals surface area contributed by atoms with Crippen molar-refractivity contribution in [3.63, 3.8) is 0 Å². The van der Waals surface area contributed by atoms with Gasteiger partial charge in [-0.2, -0.15) is 0 Å². The van der Waals surface area contributed by atoms with Crippen molar-refractivity contribution in [1.29, 1.82) is 0 Å². The van der Waals surface area contributed by atoms with E-state index in [2.05, 4.69) is 10.6 Å². The number of hydrogen-bond donors (Lipinski definition) is 2. The van der Waals surface area contributed by atoms with Crippen molar-refractivity contribution in [2.45, 2.75) is 45.3 Å². The molecule has 0 aliphatic carbocycles. The molecule has 1 aromatic heterocycles. The standard InChI is InChI=1S/C41H49N5O6/c1-26(2)52-36-19-18-28(20-37(36)51-5)40(49)45-21-29-22-46(41(50)33-23-44(4)35-17-10-9-15-30(33)35)25-32(31(29)24-45)38(47)43-34(39(48)42-3)16-11-14-27-12-7-6-8-13-27/h6-10,12-13,15,17-20,23,26,29,31-32,34H,11,14,16,21-22,24-25H2,1-5H3,(H,42,48)(H,43,47). The average molecular weight is 708 g/mol. The number of fused-ring (bicyclic) bond motifs is 2. The van der Waals surface area contributed by atoms with Gasteiger partial charge in [-0.3, -0.25) is 19.2 Å². The first-order chi connectivity index (χ1) is 25.1. The summed E-state index contributed by atoms with van der Waals surface area (Å²) in [4.78, 5) is 59.1. The Balaban J connectivity index is 1.25. The van der Waals surface area contributed by atoms with E-state index >= 15 is 0 Å². The van der Waals surface area contributed by atoms with Crippen molar-refractivity contribution in [2.75, 3.05) is 40.3 Å². The second kappa shape index (κ2) is 15.9. The van der Waals surface area contributed by atoms with Crippen LogP contribution in [0.3, 0.4) is 0 Å². The summed E-state index contributed by atoms with van der Waals surface area (Å²) in [7, 11) is 5.02. The molecule has 2 saturated heterocycles. The molecule has 2 aliphatic rings. The van der Waals surface area contributed by atoms with E-state index in [9.17, 15) is 19.2 Å². The summed E-state index contributed by atoms with van der Waals surface area (Å²) in [5.41, 5.74) is 3.13. The Kier molecular flexibility index (Phi) is 11.2. The molecular formula is C41H49N5O6. The quantitative estimate of drug-likeness (QED) is 0.221. The molecule has 2 N–H and O–H groups in total. The number of likely N-dealkylation sites (N-methyl/N-ethyl adjacent to an activating group) is 1. The predicted octanol–water partition coefficient (Wildman–Crippen LogP) is 4.69. The van der Waals surface area contributed by atoms with Crippen molar-refractivity contribution in [3.05, 3.63) is 95.7 Å². The third-order valence-electron chi connectivity index (χ3n) is 10.4. The average Bonchev–Trinajstić information content (AvgIpc) is 3.74. The Morgan fingerprint density at radius 1 is 0.865 bits per heavy atom. The molecule has 0 radical (unpaired) electrons. The highest BCUT2D eigenvalue weighted by atomic mass is 16.5. The van der Waals surface area contributed by atoms with E-state index < -0.39 is 12.0 Å². The SMILES string of the molecule is CNC(=O)C(CCCc1ccccc1)NC(=O)C1CN(C(=O)c2cn(C)c3ccccc23)CC2CN(C(=O)c3ccc(OC(C)C)c(OC)c3)CC21. The van der Waals surface area contributed by atoms with Crippen LogP contribution in [0.4, 0.5) is 0 Å². The van der Waals surface area contributed by atoms with Crippen LogP contribution in [0.15, 0.2) is 79.0 Å². The summed E-state index contributed by atoms with van der Waals surface area (Å²) in [6.45, 7) is 5.16. The van der Waals surface area contributed by atoms with Crippen LogP contribution >= 0.6 is 0 Å². The van der Waals surface area contributed by atoms with E-state index in [1.807, 2.05) is 86.3 Å². The number of aryl methyl sites for hydroxylation is 2. The van der Waals surface area contributed by atoms with E-state index in [-0.39, 0.29) is 48.1 Å². The van der Waals surface area contributed by atoms with Gasteiger partial charge in [0, 0.05) is 62.9 Å². The molecule has 11 nitrogen and oxygen atoms in total. The van der Waals surface area contributed by atoms with E-state index in [4.69, 9.17) is 9.47 Å². The maximum Gasteiger partial charge on any atom is 0.256 e. The van der Waals surface area contributed by atoms with Crippen molar-refractivity contribution in [1.82, 2.24) is 25.0 Å². The Hall–Kier alpha value is -5.32. The summed E-state index contributed by atoms with van der Waals surface area (Å²) < 4.78 is 13.3. The van der Waals surface area contributed by atoms with Crippen LogP contribution in [-0.4, -0.2) is 90.5 Å². The first-order valence-corrected chi connectivity index (χ1v) is 18.1. The fraction of sp³-hybridized carbons (Fsp3) is 0.415. The predicted molar refractivity (Wildman–Crippen MR) is 199 cm³/mol. The lowest BCUT2D eigenvalue weighted by Gasteiger charge is -2.40. The van der Waals surface area contributed by atoms with Crippen LogP contribution in [0.25, 0.3) is 10.9 Å². The van der Waals surface area contributed by atoms with Gasteiger partial charge in [-0.15, -0.1) is 0 Å². The van der Waals surface area contributed by atoms with Gasteiger partial charge in [-0.05, 0) is 74.8 Å². The second-order valence-corrected chi connectivity index (χ2v) is 14.2. The molecule has 0 saturated carbocycles. The minimum absolute atomic E-state index is 0.0633. The zero-order chi connectivity index (χ0) is 36.9. The lowest BCUT2D eigenvalue weighted by molar-refractivity contribution is -0.133. The van der Waals surface area contributed by atoms with Crippen molar-refractivity contribution in [2.24, 2.45) is 24.8 Å².